The van der Waals surface area contributed by atoms with Crippen LogP contribution in [0.15, 0.2) is 24.3 Å². The average molecular weight is 341 g/mol. The van der Waals surface area contributed by atoms with Gasteiger partial charge in [0.15, 0.2) is 5.82 Å². The van der Waals surface area contributed by atoms with Gasteiger partial charge in [-0.2, -0.15) is 0 Å². The Morgan fingerprint density at radius 2 is 1.84 bits per heavy atom. The van der Waals surface area contributed by atoms with Gasteiger partial charge in [-0.25, -0.2) is 0 Å². The van der Waals surface area contributed by atoms with Crippen molar-refractivity contribution in [2.75, 3.05) is 0 Å². The number of aromatic nitrogens is 3. The minimum absolute atomic E-state index is 0.0748. The number of hydrogen-bond donors (Lipinski definition) is 2. The summed E-state index contributed by atoms with van der Waals surface area (Å²) < 4.78 is 2.13. The summed E-state index contributed by atoms with van der Waals surface area (Å²) in [6, 6.07) is 7.20. The number of nitrogens with zero attached hydrogens (tertiary/aromatic N) is 3. The van der Waals surface area contributed by atoms with E-state index < -0.39 is 0 Å². The van der Waals surface area contributed by atoms with Crippen molar-refractivity contribution in [2.45, 2.75) is 52.2 Å². The fourth-order valence-electron chi connectivity index (χ4n) is 2.94. The molecule has 1 aliphatic heterocycles. The van der Waals surface area contributed by atoms with Crippen molar-refractivity contribution < 1.29 is 9.59 Å². The van der Waals surface area contributed by atoms with E-state index in [1.165, 1.54) is 13.3 Å². The van der Waals surface area contributed by atoms with Crippen molar-refractivity contribution in [1.29, 1.82) is 0 Å². The molecule has 0 unspecified atom stereocenters. The number of fused-ring (bicyclic) bond motifs is 1. The van der Waals surface area contributed by atoms with Crippen LogP contribution in [0.5, 0.6) is 0 Å². The Labute approximate surface area is 146 Å². The first kappa shape index (κ1) is 17.1. The van der Waals surface area contributed by atoms with Crippen molar-refractivity contribution in [2.24, 2.45) is 0 Å². The maximum absolute atomic E-state index is 12.3. The third kappa shape index (κ3) is 4.43. The number of amides is 2. The number of carbonyl (C=O) groups excluding carboxylic acids is 2. The Bertz CT molecular complexity index is 751. The summed E-state index contributed by atoms with van der Waals surface area (Å²) in [5.74, 6) is 1.61. The zero-order valence-electron chi connectivity index (χ0n) is 14.4. The normalized spacial score (nSPS) is 13.6. The van der Waals surface area contributed by atoms with E-state index in [-0.39, 0.29) is 11.8 Å². The van der Waals surface area contributed by atoms with E-state index in [2.05, 4.69) is 25.4 Å². The first-order chi connectivity index (χ1) is 12.1. The molecule has 7 nitrogen and oxygen atoms in total. The van der Waals surface area contributed by atoms with E-state index in [0.717, 1.165) is 43.0 Å². The third-order valence-electron chi connectivity index (χ3n) is 4.35. The Morgan fingerprint density at radius 1 is 1.04 bits per heavy atom. The second-order valence-electron chi connectivity index (χ2n) is 6.28. The molecule has 3 rings (SSSR count). The summed E-state index contributed by atoms with van der Waals surface area (Å²) in [7, 11) is 0. The molecule has 2 aromatic rings. The lowest BCUT2D eigenvalue weighted by molar-refractivity contribution is -0.119. The van der Waals surface area contributed by atoms with Crippen LogP contribution in [-0.4, -0.2) is 26.6 Å². The smallest absolute Gasteiger partial charge is 0.251 e. The van der Waals surface area contributed by atoms with E-state index in [9.17, 15) is 9.59 Å². The highest BCUT2D eigenvalue weighted by molar-refractivity contribution is 5.94. The molecule has 25 heavy (non-hydrogen) atoms. The highest BCUT2D eigenvalue weighted by Gasteiger charge is 2.15. The summed E-state index contributed by atoms with van der Waals surface area (Å²) in [6.45, 7) is 3.24. The van der Waals surface area contributed by atoms with Crippen molar-refractivity contribution in [3.63, 3.8) is 0 Å². The number of benzene rings is 1. The van der Waals surface area contributed by atoms with Gasteiger partial charge in [0.05, 0.1) is 6.54 Å². The van der Waals surface area contributed by atoms with Crippen molar-refractivity contribution in [3.05, 3.63) is 47.0 Å². The predicted molar refractivity (Wildman–Crippen MR) is 92.7 cm³/mol. The van der Waals surface area contributed by atoms with Crippen LogP contribution in [0.2, 0.25) is 0 Å². The van der Waals surface area contributed by atoms with Crippen LogP contribution in [0.1, 0.15) is 53.8 Å². The first-order valence-corrected chi connectivity index (χ1v) is 8.66. The number of aryl methyl sites for hydroxylation is 1. The van der Waals surface area contributed by atoms with Crippen LogP contribution in [-0.2, 0) is 30.8 Å². The van der Waals surface area contributed by atoms with Crippen molar-refractivity contribution in [3.8, 4) is 0 Å². The van der Waals surface area contributed by atoms with E-state index in [4.69, 9.17) is 0 Å². The molecule has 0 saturated carbocycles. The van der Waals surface area contributed by atoms with Gasteiger partial charge in [-0.1, -0.05) is 18.6 Å². The van der Waals surface area contributed by atoms with E-state index in [1.54, 1.807) is 12.1 Å². The van der Waals surface area contributed by atoms with Crippen molar-refractivity contribution >= 4 is 11.8 Å². The van der Waals surface area contributed by atoms with Crippen LogP contribution in [0.3, 0.4) is 0 Å². The van der Waals surface area contributed by atoms with E-state index in [1.807, 2.05) is 12.1 Å². The molecule has 0 aliphatic carbocycles. The molecule has 0 fully saturated rings. The number of hydrogen-bond acceptors (Lipinski definition) is 4. The minimum atomic E-state index is -0.142. The molecule has 0 bridgehead atoms. The van der Waals surface area contributed by atoms with E-state index >= 15 is 0 Å². The Balaban J connectivity index is 1.57. The summed E-state index contributed by atoms with van der Waals surface area (Å²) in [4.78, 5) is 23.2. The number of nitrogens with one attached hydrogen (secondary N) is 2. The molecule has 7 heteroatoms. The molecular weight excluding hydrogens is 318 g/mol. The lowest BCUT2D eigenvalue weighted by atomic mass is 10.1. The standard InChI is InChI=1S/C18H23N5O2/c1-13(24)19-11-14-6-8-15(9-7-14)18(25)20-12-17-22-21-16-5-3-2-4-10-23(16)17/h6-9H,2-5,10-12H2,1H3,(H,19,24)(H,20,25). The van der Waals surface area contributed by atoms with Crippen LogP contribution in [0, 0.1) is 0 Å². The molecule has 1 aliphatic rings. The maximum atomic E-state index is 12.3. The van der Waals surface area contributed by atoms with Crippen LogP contribution < -0.4 is 10.6 Å². The summed E-state index contributed by atoms with van der Waals surface area (Å²) in [6.07, 6.45) is 4.44. The SMILES string of the molecule is CC(=O)NCc1ccc(C(=O)NCc2nnc3n2CCCCC3)cc1. The fourth-order valence-corrected chi connectivity index (χ4v) is 2.94. The first-order valence-electron chi connectivity index (χ1n) is 8.66. The number of rotatable bonds is 5. The highest BCUT2D eigenvalue weighted by Crippen LogP contribution is 2.14. The molecule has 132 valence electrons. The zero-order valence-corrected chi connectivity index (χ0v) is 14.4. The summed E-state index contributed by atoms with van der Waals surface area (Å²) in [5, 5.41) is 14.1. The van der Waals surface area contributed by atoms with Gasteiger partial charge in [0.2, 0.25) is 5.91 Å². The maximum Gasteiger partial charge on any atom is 0.251 e. The largest absolute Gasteiger partial charge is 0.352 e. The number of carbonyl (C=O) groups is 2. The Hall–Kier alpha value is -2.70. The molecule has 1 aromatic carbocycles. The monoisotopic (exact) mass is 341 g/mol. The van der Waals surface area contributed by atoms with Gasteiger partial charge < -0.3 is 15.2 Å². The predicted octanol–water partition coefficient (Wildman–Crippen LogP) is 1.57. The molecule has 2 N–H and O–H groups in total. The molecule has 0 saturated heterocycles. The molecular formula is C18H23N5O2. The fraction of sp³-hybridized carbons (Fsp3) is 0.444. The lowest BCUT2D eigenvalue weighted by Gasteiger charge is -2.09. The molecule has 2 amide bonds. The van der Waals surface area contributed by atoms with Gasteiger partial charge in [-0.15, -0.1) is 10.2 Å². The Morgan fingerprint density at radius 3 is 2.60 bits per heavy atom. The van der Waals surface area contributed by atoms with Crippen LogP contribution in [0.25, 0.3) is 0 Å². The summed E-state index contributed by atoms with van der Waals surface area (Å²) in [5.41, 5.74) is 1.54. The lowest BCUT2D eigenvalue weighted by Crippen LogP contribution is -2.25. The van der Waals surface area contributed by atoms with Crippen molar-refractivity contribution in [1.82, 2.24) is 25.4 Å². The van der Waals surface area contributed by atoms with Crippen LogP contribution >= 0.6 is 0 Å². The van der Waals surface area contributed by atoms with Gasteiger partial charge in [0.25, 0.3) is 5.91 Å². The molecule has 2 heterocycles. The third-order valence-corrected chi connectivity index (χ3v) is 4.35. The molecule has 0 atom stereocenters. The van der Waals surface area contributed by atoms with Gasteiger partial charge in [-0.05, 0) is 30.5 Å². The van der Waals surface area contributed by atoms with Gasteiger partial charge in [0.1, 0.15) is 5.82 Å². The average Bonchev–Trinajstić information content (AvgIpc) is 2.84. The van der Waals surface area contributed by atoms with E-state index in [0.29, 0.717) is 18.7 Å². The molecule has 0 spiro atoms. The second-order valence-corrected chi connectivity index (χ2v) is 6.28. The Kier molecular flexibility index (Phi) is 5.42. The van der Waals surface area contributed by atoms with Gasteiger partial charge >= 0.3 is 0 Å². The molecule has 1 aromatic heterocycles. The summed E-state index contributed by atoms with van der Waals surface area (Å²) >= 11 is 0. The minimum Gasteiger partial charge on any atom is -0.352 e. The second kappa shape index (κ2) is 7.92. The molecule has 0 radical (unpaired) electrons. The zero-order chi connectivity index (χ0) is 17.6. The van der Waals surface area contributed by atoms with Gasteiger partial charge in [0, 0.05) is 32.0 Å². The highest BCUT2D eigenvalue weighted by atomic mass is 16.2. The quantitative estimate of drug-likeness (QED) is 0.864. The van der Waals surface area contributed by atoms with Crippen LogP contribution in [0.4, 0.5) is 0 Å². The van der Waals surface area contributed by atoms with Gasteiger partial charge in [-0.3, -0.25) is 9.59 Å². The topological polar surface area (TPSA) is 88.9 Å².